The maximum atomic E-state index is 12.6. The summed E-state index contributed by atoms with van der Waals surface area (Å²) in [4.78, 5) is 28.3. The lowest BCUT2D eigenvalue weighted by Crippen LogP contribution is -3.28. The number of quaternary nitrogens is 2. The number of carbonyl (C=O) groups excluding carboxylic acids is 2. The molecule has 0 spiro atoms. The smallest absolute Gasteiger partial charge is 0.257 e. The van der Waals surface area contributed by atoms with Crippen molar-refractivity contribution in [1.82, 2.24) is 5.32 Å². The van der Waals surface area contributed by atoms with Gasteiger partial charge in [-0.2, -0.15) is 0 Å². The fraction of sp³-hybridized carbons (Fsp3) is 0.364. The van der Waals surface area contributed by atoms with Crippen molar-refractivity contribution >= 4 is 28.9 Å². The molecule has 4 rings (SSSR count). The first-order valence-electron chi connectivity index (χ1n) is 10.4. The van der Waals surface area contributed by atoms with Crippen molar-refractivity contribution in [1.29, 1.82) is 0 Å². The fourth-order valence-corrected chi connectivity index (χ4v) is 4.04. The predicted octanol–water partition coefficient (Wildman–Crippen LogP) is -0.471. The van der Waals surface area contributed by atoms with E-state index in [1.807, 2.05) is 24.3 Å². The van der Waals surface area contributed by atoms with Crippen molar-refractivity contribution in [2.75, 3.05) is 56.4 Å². The molecule has 152 valence electrons. The van der Waals surface area contributed by atoms with Crippen LogP contribution in [0, 0.1) is 0 Å². The van der Waals surface area contributed by atoms with E-state index in [0.717, 1.165) is 31.0 Å². The Labute approximate surface area is 171 Å². The highest BCUT2D eigenvalue weighted by Crippen LogP contribution is 2.32. The number of anilines is 3. The van der Waals surface area contributed by atoms with Crippen LogP contribution in [0.2, 0.25) is 0 Å². The molecule has 0 atom stereocenters. The van der Waals surface area contributed by atoms with Crippen LogP contribution in [0.5, 0.6) is 0 Å². The molecule has 2 aliphatic heterocycles. The van der Waals surface area contributed by atoms with Gasteiger partial charge in [0.1, 0.15) is 26.2 Å². The van der Waals surface area contributed by atoms with Crippen LogP contribution in [0.3, 0.4) is 0 Å². The van der Waals surface area contributed by atoms with Crippen LogP contribution in [0.25, 0.3) is 0 Å². The molecule has 2 heterocycles. The Morgan fingerprint density at radius 3 is 2.52 bits per heavy atom. The number of benzene rings is 2. The molecule has 2 aromatic carbocycles. The number of piperazine rings is 1. The quantitative estimate of drug-likeness (QED) is 0.475. The molecular weight excluding hydrogens is 366 g/mol. The van der Waals surface area contributed by atoms with Gasteiger partial charge in [-0.1, -0.05) is 12.1 Å². The molecule has 0 bridgehead atoms. The number of para-hydroxylation sites is 1. The van der Waals surface area contributed by atoms with E-state index in [9.17, 15) is 9.59 Å². The standard InChI is InChI=1S/C22H27N5O2/c1-2-26-11-13-27(14-12-26)10-9-23-21(28)16-7-8-19-20(15-16)25-22(29)17-5-3-4-6-18(17)24-19/h3-8,15,24H,2,9-14H2,1H3,(H,23,28)(H,25,29)/p+2. The summed E-state index contributed by atoms with van der Waals surface area (Å²) in [6, 6.07) is 12.7. The first-order chi connectivity index (χ1) is 14.1. The summed E-state index contributed by atoms with van der Waals surface area (Å²) in [6.45, 7) is 9.77. The Bertz CT molecular complexity index is 906. The lowest BCUT2D eigenvalue weighted by Gasteiger charge is -2.28. The van der Waals surface area contributed by atoms with E-state index >= 15 is 0 Å². The second-order valence-corrected chi connectivity index (χ2v) is 7.74. The van der Waals surface area contributed by atoms with Gasteiger partial charge >= 0.3 is 0 Å². The number of hydrogen-bond donors (Lipinski definition) is 5. The van der Waals surface area contributed by atoms with Crippen LogP contribution in [-0.2, 0) is 0 Å². The summed E-state index contributed by atoms with van der Waals surface area (Å²) in [6.07, 6.45) is 0. The molecule has 7 heteroatoms. The molecule has 0 aromatic heterocycles. The van der Waals surface area contributed by atoms with Crippen molar-refractivity contribution in [3.05, 3.63) is 53.6 Å². The third-order valence-corrected chi connectivity index (χ3v) is 5.90. The molecule has 0 unspecified atom stereocenters. The van der Waals surface area contributed by atoms with Gasteiger partial charge in [0.15, 0.2) is 0 Å². The van der Waals surface area contributed by atoms with Crippen molar-refractivity contribution in [3.8, 4) is 0 Å². The fourth-order valence-electron chi connectivity index (χ4n) is 4.04. The third kappa shape index (κ3) is 4.41. The lowest BCUT2D eigenvalue weighted by molar-refractivity contribution is -1.01. The summed E-state index contributed by atoms with van der Waals surface area (Å²) >= 11 is 0. The van der Waals surface area contributed by atoms with Crippen molar-refractivity contribution in [2.45, 2.75) is 6.92 Å². The number of hydrogen-bond acceptors (Lipinski definition) is 3. The van der Waals surface area contributed by atoms with Gasteiger partial charge in [0.2, 0.25) is 0 Å². The predicted molar refractivity (Wildman–Crippen MR) is 113 cm³/mol. The van der Waals surface area contributed by atoms with Gasteiger partial charge in [0.05, 0.1) is 42.3 Å². The third-order valence-electron chi connectivity index (χ3n) is 5.90. The van der Waals surface area contributed by atoms with Crippen LogP contribution < -0.4 is 25.8 Å². The van der Waals surface area contributed by atoms with E-state index in [1.165, 1.54) is 19.6 Å². The molecule has 1 fully saturated rings. The van der Waals surface area contributed by atoms with E-state index < -0.39 is 0 Å². The lowest BCUT2D eigenvalue weighted by atomic mass is 10.1. The van der Waals surface area contributed by atoms with Gasteiger partial charge in [-0.15, -0.1) is 0 Å². The van der Waals surface area contributed by atoms with Crippen LogP contribution >= 0.6 is 0 Å². The van der Waals surface area contributed by atoms with E-state index in [0.29, 0.717) is 23.4 Å². The minimum Gasteiger partial charge on any atom is -0.353 e. The highest BCUT2D eigenvalue weighted by atomic mass is 16.2. The number of nitrogens with one attached hydrogen (secondary N) is 5. The number of fused-ring (bicyclic) bond motifs is 2. The summed E-state index contributed by atoms with van der Waals surface area (Å²) < 4.78 is 0. The average molecular weight is 396 g/mol. The van der Waals surface area contributed by atoms with Gasteiger partial charge in [0, 0.05) is 5.56 Å². The Kier molecular flexibility index (Phi) is 5.78. The zero-order valence-corrected chi connectivity index (χ0v) is 16.8. The number of amides is 2. The Morgan fingerprint density at radius 1 is 0.966 bits per heavy atom. The molecule has 2 aromatic rings. The number of rotatable bonds is 5. The highest BCUT2D eigenvalue weighted by Gasteiger charge is 2.22. The molecule has 7 nitrogen and oxygen atoms in total. The normalized spacial score (nSPS) is 20.5. The van der Waals surface area contributed by atoms with Crippen LogP contribution in [0.4, 0.5) is 17.1 Å². The summed E-state index contributed by atoms with van der Waals surface area (Å²) in [7, 11) is 0. The second-order valence-electron chi connectivity index (χ2n) is 7.74. The zero-order valence-electron chi connectivity index (χ0n) is 16.8. The summed E-state index contributed by atoms with van der Waals surface area (Å²) in [5, 5.41) is 9.20. The van der Waals surface area contributed by atoms with Crippen molar-refractivity contribution in [2.24, 2.45) is 0 Å². The van der Waals surface area contributed by atoms with Crippen LogP contribution in [-0.4, -0.2) is 57.6 Å². The van der Waals surface area contributed by atoms with Gasteiger partial charge in [-0.3, -0.25) is 9.59 Å². The molecule has 5 N–H and O–H groups in total. The molecule has 0 saturated carbocycles. The minimum absolute atomic E-state index is 0.110. The molecule has 1 saturated heterocycles. The molecule has 2 aliphatic rings. The zero-order chi connectivity index (χ0) is 20.2. The largest absolute Gasteiger partial charge is 0.353 e. The van der Waals surface area contributed by atoms with Crippen LogP contribution in [0.1, 0.15) is 27.6 Å². The maximum absolute atomic E-state index is 12.6. The average Bonchev–Trinajstić information content (AvgIpc) is 2.89. The van der Waals surface area contributed by atoms with E-state index in [1.54, 1.807) is 28.0 Å². The minimum atomic E-state index is -0.179. The molecule has 2 amide bonds. The molecule has 0 aliphatic carbocycles. The number of likely N-dealkylation sites (N-methyl/N-ethyl adjacent to an activating group) is 1. The Balaban J connectivity index is 1.36. The summed E-state index contributed by atoms with van der Waals surface area (Å²) in [5.41, 5.74) is 3.28. The van der Waals surface area contributed by atoms with Gasteiger partial charge in [-0.25, -0.2) is 0 Å². The van der Waals surface area contributed by atoms with Crippen LogP contribution in [0.15, 0.2) is 42.5 Å². The van der Waals surface area contributed by atoms with Gasteiger partial charge < -0.3 is 25.8 Å². The Morgan fingerprint density at radius 2 is 1.72 bits per heavy atom. The van der Waals surface area contributed by atoms with Crippen molar-refractivity contribution < 1.29 is 19.4 Å². The summed E-state index contributed by atoms with van der Waals surface area (Å²) in [5.74, 6) is -0.289. The topological polar surface area (TPSA) is 79.1 Å². The molecule has 29 heavy (non-hydrogen) atoms. The first-order valence-corrected chi connectivity index (χ1v) is 10.4. The highest BCUT2D eigenvalue weighted by molar-refractivity contribution is 6.12. The second kappa shape index (κ2) is 8.63. The molecule has 0 radical (unpaired) electrons. The first kappa shape index (κ1) is 19.4. The number of carbonyl (C=O) groups is 2. The van der Waals surface area contributed by atoms with Gasteiger partial charge in [0.25, 0.3) is 11.8 Å². The van der Waals surface area contributed by atoms with Crippen molar-refractivity contribution in [3.63, 3.8) is 0 Å². The SMILES string of the molecule is CC[NH+]1CC[NH+](CCNC(=O)c2ccc3c(c2)NC(=O)c2ccccc2N3)CC1. The van der Waals surface area contributed by atoms with E-state index in [4.69, 9.17) is 0 Å². The van der Waals surface area contributed by atoms with Gasteiger partial charge in [-0.05, 0) is 37.3 Å². The molecular formula is C22H29N5O2+2. The van der Waals surface area contributed by atoms with E-state index in [-0.39, 0.29) is 11.8 Å². The monoisotopic (exact) mass is 395 g/mol. The maximum Gasteiger partial charge on any atom is 0.257 e. The Hall–Kier alpha value is -2.90. The van der Waals surface area contributed by atoms with E-state index in [2.05, 4.69) is 22.9 Å².